The summed E-state index contributed by atoms with van der Waals surface area (Å²) in [4.78, 5) is 0. The molecule has 8 N–H and O–H groups in total. The number of aliphatic hydroxyl groups is 8. The van der Waals surface area contributed by atoms with Crippen LogP contribution in [0.2, 0.25) is 0 Å². The molecule has 0 saturated carbocycles. The van der Waals surface area contributed by atoms with E-state index in [0.29, 0.717) is 0 Å². The highest BCUT2D eigenvalue weighted by Crippen LogP contribution is 2.33. The topological polar surface area (TPSA) is 217 Å². The lowest BCUT2D eigenvalue weighted by Crippen LogP contribution is -2.66. The van der Waals surface area contributed by atoms with Crippen molar-refractivity contribution in [1.82, 2.24) is 0 Å². The highest BCUT2D eigenvalue weighted by atomic mass is 16.8. The fraction of sp³-hybridized carbons (Fsp3) is 1.00. The van der Waals surface area contributed by atoms with Crippen LogP contribution in [0.25, 0.3) is 0 Å². The van der Waals surface area contributed by atoms with Crippen LogP contribution >= 0.6 is 0 Å². The second-order valence-electron chi connectivity index (χ2n) is 8.52. The summed E-state index contributed by atoms with van der Waals surface area (Å²) in [5.41, 5.74) is 0. The maximum atomic E-state index is 10.8. The minimum atomic E-state index is -1.72. The molecular weight excluding hydrogens is 452 g/mol. The third-order valence-corrected chi connectivity index (χ3v) is 6.22. The molecule has 0 amide bonds. The van der Waals surface area contributed by atoms with Gasteiger partial charge in [0, 0.05) is 7.11 Å². The van der Waals surface area contributed by atoms with Gasteiger partial charge in [-0.15, -0.1) is 0 Å². The first-order chi connectivity index (χ1) is 15.5. The van der Waals surface area contributed by atoms with Crippen LogP contribution in [0.4, 0.5) is 0 Å². The number of hydrogen-bond acceptors (Lipinski definition) is 14. The molecular formula is C19H34O14. The fourth-order valence-electron chi connectivity index (χ4n) is 4.14. The van der Waals surface area contributed by atoms with Crippen molar-refractivity contribution < 1.29 is 69.3 Å². The fourth-order valence-corrected chi connectivity index (χ4v) is 4.14. The van der Waals surface area contributed by atoms with E-state index >= 15 is 0 Å². The number of ether oxygens (including phenoxy) is 6. The van der Waals surface area contributed by atoms with Crippen LogP contribution in [0.15, 0.2) is 0 Å². The second kappa shape index (κ2) is 11.0. The van der Waals surface area contributed by atoms with Crippen molar-refractivity contribution in [3.05, 3.63) is 0 Å². The molecule has 0 radical (unpaired) electrons. The predicted molar refractivity (Wildman–Crippen MR) is 103 cm³/mol. The molecule has 33 heavy (non-hydrogen) atoms. The number of methoxy groups -OCH3 is 1. The molecule has 3 heterocycles. The van der Waals surface area contributed by atoms with Crippen molar-refractivity contribution in [2.45, 2.75) is 106 Å². The first kappa shape index (κ1) is 27.0. The maximum Gasteiger partial charge on any atom is 0.187 e. The maximum absolute atomic E-state index is 10.8. The Morgan fingerprint density at radius 3 is 1.67 bits per heavy atom. The molecule has 14 nitrogen and oxygen atoms in total. The van der Waals surface area contributed by atoms with Gasteiger partial charge in [-0.2, -0.15) is 0 Å². The summed E-state index contributed by atoms with van der Waals surface area (Å²) in [6.45, 7) is 2.33. The van der Waals surface area contributed by atoms with Gasteiger partial charge in [-0.1, -0.05) is 0 Å². The monoisotopic (exact) mass is 486 g/mol. The zero-order valence-electron chi connectivity index (χ0n) is 18.4. The lowest BCUT2D eigenvalue weighted by atomic mass is 9.96. The molecule has 3 rings (SSSR count). The zero-order chi connectivity index (χ0) is 24.6. The van der Waals surface area contributed by atoms with Gasteiger partial charge in [0.25, 0.3) is 0 Å². The van der Waals surface area contributed by atoms with Crippen molar-refractivity contribution in [3.63, 3.8) is 0 Å². The van der Waals surface area contributed by atoms with Crippen LogP contribution in [0.5, 0.6) is 0 Å². The molecule has 3 aliphatic heterocycles. The molecule has 3 fully saturated rings. The van der Waals surface area contributed by atoms with Crippen LogP contribution in [-0.4, -0.2) is 147 Å². The van der Waals surface area contributed by atoms with Crippen molar-refractivity contribution in [2.24, 2.45) is 0 Å². The standard InChI is InChI=1S/C19H34O14/c1-5-8(21)10(23)12(25)18(29-5)33-16-14(27)17(28-3)30-6(2)15(16)32-19-13(26)11(24)9(22)7(4-20)31-19/h5-27H,4H2,1-3H3/t5-,6-,7+,8+,9+,10+,11-,12-,13+,14+,15-,16-,17+,18+,19-/m0/s1. The molecule has 0 unspecified atom stereocenters. The van der Waals surface area contributed by atoms with Crippen LogP contribution in [0.1, 0.15) is 13.8 Å². The van der Waals surface area contributed by atoms with Gasteiger partial charge in [-0.25, -0.2) is 0 Å². The molecule has 15 atom stereocenters. The lowest BCUT2D eigenvalue weighted by molar-refractivity contribution is -0.381. The van der Waals surface area contributed by atoms with E-state index in [1.54, 1.807) is 6.92 Å². The van der Waals surface area contributed by atoms with Crippen LogP contribution < -0.4 is 0 Å². The summed E-state index contributed by atoms with van der Waals surface area (Å²) in [7, 11) is 1.28. The molecule has 0 aliphatic carbocycles. The molecule has 14 heteroatoms. The van der Waals surface area contributed by atoms with Gasteiger partial charge in [0.1, 0.15) is 61.0 Å². The number of aliphatic hydroxyl groups excluding tert-OH is 8. The Hall–Kier alpha value is -0.560. The predicted octanol–water partition coefficient (Wildman–Crippen LogP) is -4.86. The quantitative estimate of drug-likeness (QED) is 0.177. The van der Waals surface area contributed by atoms with E-state index in [9.17, 15) is 40.9 Å². The van der Waals surface area contributed by atoms with E-state index in [2.05, 4.69) is 0 Å². The largest absolute Gasteiger partial charge is 0.394 e. The number of rotatable bonds is 6. The van der Waals surface area contributed by atoms with Crippen molar-refractivity contribution in [1.29, 1.82) is 0 Å². The molecule has 0 aromatic carbocycles. The third-order valence-electron chi connectivity index (χ3n) is 6.22. The van der Waals surface area contributed by atoms with Crippen molar-refractivity contribution in [2.75, 3.05) is 13.7 Å². The SMILES string of the molecule is CO[C@@H]1O[C@@H](C)[C@H](O[C@@H]2O[C@H](CO)[C@@H](O)[C@H](O)[C@H]2O)[C@@H](O[C@H]2O[C@@H](C)[C@@H](O)[C@@H](O)[C@@H]2O)[C@H]1O. The molecule has 0 bridgehead atoms. The Labute approximate surface area is 189 Å². The highest BCUT2D eigenvalue weighted by molar-refractivity contribution is 4.95. The van der Waals surface area contributed by atoms with E-state index in [4.69, 9.17) is 28.4 Å². The Morgan fingerprint density at radius 2 is 1.09 bits per heavy atom. The average Bonchev–Trinajstić information content (AvgIpc) is 2.79. The van der Waals surface area contributed by atoms with E-state index in [-0.39, 0.29) is 0 Å². The summed E-state index contributed by atoms with van der Waals surface area (Å²) in [5, 5.41) is 80.8. The minimum absolute atomic E-state index is 0.671. The second-order valence-corrected chi connectivity index (χ2v) is 8.52. The molecule has 0 spiro atoms. The van der Waals surface area contributed by atoms with Gasteiger partial charge in [0.2, 0.25) is 0 Å². The average molecular weight is 486 g/mol. The van der Waals surface area contributed by atoms with Gasteiger partial charge in [0.15, 0.2) is 18.9 Å². The first-order valence-corrected chi connectivity index (χ1v) is 10.7. The summed E-state index contributed by atoms with van der Waals surface area (Å²) in [5.74, 6) is 0. The van der Waals surface area contributed by atoms with Crippen molar-refractivity contribution >= 4 is 0 Å². The highest BCUT2D eigenvalue weighted by Gasteiger charge is 2.53. The Morgan fingerprint density at radius 1 is 0.576 bits per heavy atom. The number of hydrogen-bond donors (Lipinski definition) is 8. The van der Waals surface area contributed by atoms with E-state index in [1.807, 2.05) is 0 Å². The van der Waals surface area contributed by atoms with Crippen LogP contribution in [-0.2, 0) is 28.4 Å². The normalized spacial score (nSPS) is 53.7. The van der Waals surface area contributed by atoms with Gasteiger partial charge >= 0.3 is 0 Å². The van der Waals surface area contributed by atoms with Crippen LogP contribution in [0, 0.1) is 0 Å². The Balaban J connectivity index is 1.82. The molecule has 0 aromatic heterocycles. The van der Waals surface area contributed by atoms with E-state index in [0.717, 1.165) is 0 Å². The summed E-state index contributed by atoms with van der Waals surface area (Å²) >= 11 is 0. The third kappa shape index (κ3) is 5.34. The summed E-state index contributed by atoms with van der Waals surface area (Å²) in [6, 6.07) is 0. The minimum Gasteiger partial charge on any atom is -0.394 e. The van der Waals surface area contributed by atoms with E-state index < -0.39 is 98.7 Å². The van der Waals surface area contributed by atoms with Gasteiger partial charge < -0.3 is 69.3 Å². The van der Waals surface area contributed by atoms with Crippen molar-refractivity contribution in [3.8, 4) is 0 Å². The van der Waals surface area contributed by atoms with E-state index in [1.165, 1.54) is 14.0 Å². The molecule has 3 aliphatic rings. The Bertz CT molecular complexity index is 623. The molecule has 194 valence electrons. The molecule has 3 saturated heterocycles. The summed E-state index contributed by atoms with van der Waals surface area (Å²) < 4.78 is 33.0. The van der Waals surface area contributed by atoms with Gasteiger partial charge in [-0.05, 0) is 13.8 Å². The molecule has 0 aromatic rings. The lowest BCUT2D eigenvalue weighted by Gasteiger charge is -2.48. The summed E-state index contributed by atoms with van der Waals surface area (Å²) in [6.07, 6.45) is -20.9. The Kier molecular flexibility index (Phi) is 9.02. The van der Waals surface area contributed by atoms with Crippen LogP contribution in [0.3, 0.4) is 0 Å². The smallest absolute Gasteiger partial charge is 0.187 e. The zero-order valence-corrected chi connectivity index (χ0v) is 18.4. The van der Waals surface area contributed by atoms with Gasteiger partial charge in [-0.3, -0.25) is 0 Å². The van der Waals surface area contributed by atoms with Gasteiger partial charge in [0.05, 0.1) is 18.8 Å². The first-order valence-electron chi connectivity index (χ1n) is 10.7.